The molecule has 2 aliphatic rings. The van der Waals surface area contributed by atoms with E-state index in [1.165, 1.54) is 0 Å². The second kappa shape index (κ2) is 10.6. The normalized spacial score (nSPS) is 18.6. The molecule has 4 rings (SSSR count). The molecule has 1 heterocycles. The van der Waals surface area contributed by atoms with Gasteiger partial charge in [0.25, 0.3) is 0 Å². The minimum Gasteiger partial charge on any atom is -0.497 e. The Kier molecular flexibility index (Phi) is 7.47. The molecule has 0 radical (unpaired) electrons. The summed E-state index contributed by atoms with van der Waals surface area (Å²) in [4.78, 5) is 26.4. The molecule has 0 saturated carbocycles. The van der Waals surface area contributed by atoms with Crippen LogP contribution in [0.25, 0.3) is 0 Å². The third-order valence-corrected chi connectivity index (χ3v) is 6.55. The summed E-state index contributed by atoms with van der Waals surface area (Å²) in [6.45, 7) is 6.16. The van der Waals surface area contributed by atoms with Gasteiger partial charge in [0.1, 0.15) is 35.2 Å². The minimum absolute atomic E-state index is 0.0430. The Bertz CT molecular complexity index is 1260. The second-order valence-corrected chi connectivity index (χ2v) is 9.85. The molecule has 2 N–H and O–H groups in total. The number of Topliss-reactive ketones (excluding diaryl/α,β-unsaturated/α-hetero) is 1. The molecular weight excluding hydrogens is 474 g/mol. The third-order valence-electron chi connectivity index (χ3n) is 6.55. The van der Waals surface area contributed by atoms with Crippen LogP contribution in [0.5, 0.6) is 17.2 Å². The number of benzene rings is 2. The van der Waals surface area contributed by atoms with E-state index in [0.29, 0.717) is 41.2 Å². The van der Waals surface area contributed by atoms with Crippen molar-refractivity contribution >= 4 is 11.8 Å². The predicted molar refractivity (Wildman–Crippen MR) is 137 cm³/mol. The van der Waals surface area contributed by atoms with E-state index in [0.717, 1.165) is 11.3 Å². The smallest absolute Gasteiger partial charge is 0.340 e. The second-order valence-electron chi connectivity index (χ2n) is 9.85. The van der Waals surface area contributed by atoms with Crippen molar-refractivity contribution in [1.82, 2.24) is 0 Å². The molecule has 0 bridgehead atoms. The number of ketones is 1. The zero-order valence-corrected chi connectivity index (χ0v) is 21.9. The van der Waals surface area contributed by atoms with E-state index >= 15 is 0 Å². The maximum atomic E-state index is 13.4. The van der Waals surface area contributed by atoms with Gasteiger partial charge in [0.05, 0.1) is 26.7 Å². The highest BCUT2D eigenvalue weighted by molar-refractivity contribution is 6.03. The molecule has 8 nitrogen and oxygen atoms in total. The molecule has 0 spiro atoms. The van der Waals surface area contributed by atoms with E-state index < -0.39 is 11.9 Å². The van der Waals surface area contributed by atoms with Crippen LogP contribution in [0.3, 0.4) is 0 Å². The van der Waals surface area contributed by atoms with Crippen LogP contribution < -0.4 is 19.9 Å². The van der Waals surface area contributed by atoms with Gasteiger partial charge in [0.15, 0.2) is 5.78 Å². The standard InChI is InChI=1S/C29H33NO7/c1-6-35-28(32)26-24(25-21(31)14-29(2,3)15-23(25)37-27(26)30)17-7-8-18(22(13-17)34-5)16-36-20-11-9-19(33-4)10-12-20/h7-13,24H,6,14-16,30H2,1-5H3/t24-/m1/s1. The Morgan fingerprint density at radius 3 is 2.41 bits per heavy atom. The molecule has 1 aliphatic heterocycles. The number of ether oxygens (including phenoxy) is 5. The van der Waals surface area contributed by atoms with Crippen molar-refractivity contribution in [3.8, 4) is 17.2 Å². The van der Waals surface area contributed by atoms with Crippen LogP contribution in [-0.4, -0.2) is 32.6 Å². The van der Waals surface area contributed by atoms with Gasteiger partial charge in [-0.15, -0.1) is 0 Å². The summed E-state index contributed by atoms with van der Waals surface area (Å²) in [7, 11) is 3.17. The lowest BCUT2D eigenvalue weighted by molar-refractivity contribution is -0.139. The van der Waals surface area contributed by atoms with Crippen molar-refractivity contribution in [3.63, 3.8) is 0 Å². The van der Waals surface area contributed by atoms with E-state index in [2.05, 4.69) is 0 Å². The highest BCUT2D eigenvalue weighted by atomic mass is 16.5. The summed E-state index contributed by atoms with van der Waals surface area (Å²) >= 11 is 0. The van der Waals surface area contributed by atoms with Crippen molar-refractivity contribution in [1.29, 1.82) is 0 Å². The molecule has 2 aromatic carbocycles. The maximum Gasteiger partial charge on any atom is 0.340 e. The van der Waals surface area contributed by atoms with E-state index in [-0.39, 0.29) is 35.9 Å². The number of hydrogen-bond donors (Lipinski definition) is 1. The lowest BCUT2D eigenvalue weighted by atomic mass is 9.70. The van der Waals surface area contributed by atoms with Gasteiger partial charge in [-0.25, -0.2) is 4.79 Å². The fraction of sp³-hybridized carbons (Fsp3) is 0.379. The van der Waals surface area contributed by atoms with Gasteiger partial charge in [-0.1, -0.05) is 26.0 Å². The number of rotatable bonds is 8. The minimum atomic E-state index is -0.725. The summed E-state index contributed by atoms with van der Waals surface area (Å²) in [5, 5.41) is 0. The van der Waals surface area contributed by atoms with Crippen molar-refractivity contribution in [3.05, 3.63) is 76.4 Å². The van der Waals surface area contributed by atoms with Gasteiger partial charge in [-0.3, -0.25) is 4.79 Å². The number of nitrogens with two attached hydrogens (primary N) is 1. The Morgan fingerprint density at radius 1 is 1.05 bits per heavy atom. The molecule has 1 atom stereocenters. The van der Waals surface area contributed by atoms with Crippen molar-refractivity contribution in [2.24, 2.45) is 11.1 Å². The van der Waals surface area contributed by atoms with Crippen LogP contribution in [0.1, 0.15) is 50.7 Å². The molecule has 37 heavy (non-hydrogen) atoms. The number of carbonyl (C=O) groups excluding carboxylic acids is 2. The SMILES string of the molecule is CCOC(=O)C1=C(N)OC2=C(C(=O)CC(C)(C)C2)[C@H]1c1ccc(COc2ccc(OC)cc2)c(OC)c1. The van der Waals surface area contributed by atoms with Crippen LogP contribution in [0.4, 0.5) is 0 Å². The number of hydrogen-bond acceptors (Lipinski definition) is 8. The summed E-state index contributed by atoms with van der Waals surface area (Å²) in [6.07, 6.45) is 0.874. The maximum absolute atomic E-state index is 13.4. The molecule has 196 valence electrons. The van der Waals surface area contributed by atoms with Crippen molar-refractivity contribution in [2.75, 3.05) is 20.8 Å². The van der Waals surface area contributed by atoms with Crippen LogP contribution in [0.15, 0.2) is 65.3 Å². The molecular formula is C29H33NO7. The summed E-state index contributed by atoms with van der Waals surface area (Å²) < 4.78 is 28.0. The first-order valence-electron chi connectivity index (χ1n) is 12.2. The largest absolute Gasteiger partial charge is 0.497 e. The van der Waals surface area contributed by atoms with E-state index in [4.69, 9.17) is 29.4 Å². The summed E-state index contributed by atoms with van der Waals surface area (Å²) in [6, 6.07) is 12.8. The van der Waals surface area contributed by atoms with Crippen LogP contribution in [0.2, 0.25) is 0 Å². The molecule has 0 saturated heterocycles. The highest BCUT2D eigenvalue weighted by Gasteiger charge is 2.45. The van der Waals surface area contributed by atoms with Crippen LogP contribution >= 0.6 is 0 Å². The lowest BCUT2D eigenvalue weighted by Gasteiger charge is -2.38. The van der Waals surface area contributed by atoms with Gasteiger partial charge in [-0.2, -0.15) is 0 Å². The quantitative estimate of drug-likeness (QED) is 0.509. The van der Waals surface area contributed by atoms with Crippen molar-refractivity contribution < 1.29 is 33.3 Å². The molecule has 0 aromatic heterocycles. The molecule has 2 aromatic rings. The van der Waals surface area contributed by atoms with Gasteiger partial charge in [-0.05, 0) is 48.2 Å². The van der Waals surface area contributed by atoms with Crippen molar-refractivity contribution in [2.45, 2.75) is 46.1 Å². The Labute approximate surface area is 217 Å². The molecule has 0 fully saturated rings. The van der Waals surface area contributed by atoms with E-state index in [1.54, 1.807) is 21.1 Å². The Balaban J connectivity index is 1.71. The summed E-state index contributed by atoms with van der Waals surface area (Å²) in [5.41, 5.74) is 8.04. The molecule has 0 unspecified atom stereocenters. The zero-order valence-electron chi connectivity index (χ0n) is 21.9. The molecule has 8 heteroatoms. The van der Waals surface area contributed by atoms with E-state index in [1.807, 2.05) is 56.3 Å². The number of allylic oxidation sites excluding steroid dienone is 2. The average molecular weight is 508 g/mol. The first-order chi connectivity index (χ1) is 17.7. The van der Waals surface area contributed by atoms with Crippen LogP contribution in [-0.2, 0) is 25.7 Å². The number of carbonyl (C=O) groups is 2. The average Bonchev–Trinajstić information content (AvgIpc) is 2.86. The number of methoxy groups -OCH3 is 2. The van der Waals surface area contributed by atoms with Gasteiger partial charge >= 0.3 is 5.97 Å². The van der Waals surface area contributed by atoms with Crippen LogP contribution in [0, 0.1) is 5.41 Å². The number of esters is 1. The molecule has 1 aliphatic carbocycles. The van der Waals surface area contributed by atoms with Gasteiger partial charge in [0.2, 0.25) is 5.88 Å². The first kappa shape index (κ1) is 26.1. The fourth-order valence-electron chi connectivity index (χ4n) is 4.82. The lowest BCUT2D eigenvalue weighted by Crippen LogP contribution is -2.35. The van der Waals surface area contributed by atoms with E-state index in [9.17, 15) is 9.59 Å². The third kappa shape index (κ3) is 5.43. The van der Waals surface area contributed by atoms with Gasteiger partial charge < -0.3 is 29.4 Å². The Hall–Kier alpha value is -3.94. The van der Waals surface area contributed by atoms with Gasteiger partial charge in [0, 0.05) is 24.0 Å². The zero-order chi connectivity index (χ0) is 26.7. The Morgan fingerprint density at radius 2 is 1.76 bits per heavy atom. The molecule has 0 amide bonds. The monoisotopic (exact) mass is 507 g/mol. The predicted octanol–water partition coefficient (Wildman–Crippen LogP) is 4.77. The first-order valence-corrected chi connectivity index (χ1v) is 12.2. The fourth-order valence-corrected chi connectivity index (χ4v) is 4.82. The topological polar surface area (TPSA) is 106 Å². The highest BCUT2D eigenvalue weighted by Crippen LogP contribution is 2.48. The summed E-state index contributed by atoms with van der Waals surface area (Å²) in [5.74, 6) is 1.03.